The Morgan fingerprint density at radius 2 is 1.98 bits per heavy atom. The molecule has 3 aliphatic heterocycles. The zero-order valence-electron chi connectivity index (χ0n) is 30.4. The monoisotopic (exact) mass is 813 g/mol. The highest BCUT2D eigenvalue weighted by Crippen LogP contribution is 2.47. The van der Waals surface area contributed by atoms with Crippen LogP contribution in [0.5, 0.6) is 11.9 Å². The summed E-state index contributed by atoms with van der Waals surface area (Å²) in [5.74, 6) is -1.08. The molecule has 11 nitrogen and oxygen atoms in total. The third kappa shape index (κ3) is 6.59. The van der Waals surface area contributed by atoms with Gasteiger partial charge in [-0.05, 0) is 76.7 Å². The number of halogens is 6. The van der Waals surface area contributed by atoms with Crippen molar-refractivity contribution in [3.63, 3.8) is 0 Å². The summed E-state index contributed by atoms with van der Waals surface area (Å²) in [4.78, 5) is 21.1. The van der Waals surface area contributed by atoms with Crippen molar-refractivity contribution in [1.82, 2.24) is 30.2 Å². The number of alkyl halides is 3. The van der Waals surface area contributed by atoms with Crippen molar-refractivity contribution in [3.8, 4) is 29.1 Å². The fraction of sp³-hybridized carbons (Fsp3) is 0.447. The van der Waals surface area contributed by atoms with E-state index in [1.165, 1.54) is 12.1 Å². The molecular weight excluding hydrogens is 777 g/mol. The van der Waals surface area contributed by atoms with Gasteiger partial charge in [0, 0.05) is 47.1 Å². The number of thiophene rings is 1. The number of ether oxygens (including phenoxy) is 2. The average molecular weight is 814 g/mol. The topological polar surface area (TPSA) is 138 Å². The van der Waals surface area contributed by atoms with E-state index in [0.717, 1.165) is 62.5 Å². The quantitative estimate of drug-likeness (QED) is 0.134. The number of nitriles is 1. The van der Waals surface area contributed by atoms with Gasteiger partial charge in [-0.25, -0.2) is 18.7 Å². The van der Waals surface area contributed by atoms with E-state index in [1.807, 2.05) is 13.0 Å². The minimum absolute atomic E-state index is 0.0257. The Morgan fingerprint density at radius 1 is 1.16 bits per heavy atom. The molecule has 18 heteroatoms. The molecule has 3 fully saturated rings. The molecular formula is C38H37ClF5N9O2S. The Hall–Kier alpha value is -4.63. The molecule has 4 atom stereocenters. The summed E-state index contributed by atoms with van der Waals surface area (Å²) >= 11 is 7.82. The van der Waals surface area contributed by atoms with Crippen LogP contribution in [0.4, 0.5) is 32.8 Å². The molecule has 3 saturated heterocycles. The highest BCUT2D eigenvalue weighted by atomic mass is 35.5. The van der Waals surface area contributed by atoms with Gasteiger partial charge in [0.05, 0.1) is 20.8 Å². The number of aromatic nitrogens is 4. The maximum Gasteiger partial charge on any atom is 0.433 e. The molecule has 3 aliphatic rings. The second kappa shape index (κ2) is 14.7. The number of rotatable bonds is 10. The van der Waals surface area contributed by atoms with Crippen molar-refractivity contribution >= 4 is 54.7 Å². The van der Waals surface area contributed by atoms with E-state index in [1.54, 1.807) is 6.07 Å². The fourth-order valence-electron chi connectivity index (χ4n) is 8.75. The first-order chi connectivity index (χ1) is 26.8. The van der Waals surface area contributed by atoms with E-state index in [-0.39, 0.29) is 85.5 Å². The van der Waals surface area contributed by atoms with E-state index in [0.29, 0.717) is 24.2 Å². The van der Waals surface area contributed by atoms with Gasteiger partial charge in [-0.3, -0.25) is 4.90 Å². The van der Waals surface area contributed by atoms with Crippen LogP contribution in [-0.2, 0) is 6.18 Å². The maximum atomic E-state index is 17.2. The van der Waals surface area contributed by atoms with Gasteiger partial charge >= 0.3 is 12.2 Å². The van der Waals surface area contributed by atoms with Crippen molar-refractivity contribution in [3.05, 3.63) is 58.5 Å². The highest BCUT2D eigenvalue weighted by Gasteiger charge is 2.50. The molecule has 0 spiro atoms. The molecule has 2 unspecified atom stereocenters. The number of fused-ring (bicyclic) bond motifs is 3. The number of hydrogen-bond donors (Lipinski definition) is 2. The van der Waals surface area contributed by atoms with Crippen molar-refractivity contribution in [2.45, 2.75) is 75.8 Å². The summed E-state index contributed by atoms with van der Waals surface area (Å²) < 4.78 is 84.2. The fourth-order valence-corrected chi connectivity index (χ4v) is 10.00. The maximum absolute atomic E-state index is 17.2. The molecule has 8 rings (SSSR count). The molecule has 56 heavy (non-hydrogen) atoms. The van der Waals surface area contributed by atoms with Crippen LogP contribution in [-0.4, -0.2) is 81.3 Å². The smallest absolute Gasteiger partial charge is 0.433 e. The number of benzene rings is 2. The Morgan fingerprint density at radius 3 is 2.71 bits per heavy atom. The summed E-state index contributed by atoms with van der Waals surface area (Å²) in [6, 6.07) is 7.00. The average Bonchev–Trinajstić information content (AvgIpc) is 3.95. The van der Waals surface area contributed by atoms with Gasteiger partial charge in [0.2, 0.25) is 5.88 Å². The summed E-state index contributed by atoms with van der Waals surface area (Å²) in [7, 11) is 0. The number of likely N-dealkylation sites (N-methyl/N-ethyl adjacent to an activating group) is 1. The number of nitrogens with one attached hydrogen (secondary N) is 1. The van der Waals surface area contributed by atoms with Gasteiger partial charge in [0.1, 0.15) is 47.8 Å². The number of anilines is 2. The van der Waals surface area contributed by atoms with Gasteiger partial charge in [-0.2, -0.15) is 28.4 Å². The van der Waals surface area contributed by atoms with E-state index in [4.69, 9.17) is 31.8 Å². The van der Waals surface area contributed by atoms with E-state index in [9.17, 15) is 18.4 Å². The van der Waals surface area contributed by atoms with Gasteiger partial charge in [-0.15, -0.1) is 11.3 Å². The largest absolute Gasteiger partial charge is 0.476 e. The zero-order chi connectivity index (χ0) is 39.5. The molecule has 0 saturated carbocycles. The van der Waals surface area contributed by atoms with Crippen molar-refractivity contribution in [1.29, 1.82) is 5.26 Å². The third-order valence-corrected chi connectivity index (χ3v) is 12.7. The Kier molecular flexibility index (Phi) is 10.0. The number of nitrogen functional groups attached to an aromatic ring is 1. The first-order valence-electron chi connectivity index (χ1n) is 18.4. The molecule has 0 radical (unpaired) electrons. The molecule has 3 N–H and O–H groups in total. The molecule has 0 bridgehead atoms. The van der Waals surface area contributed by atoms with Crippen LogP contribution in [0.15, 0.2) is 30.6 Å². The zero-order valence-corrected chi connectivity index (χ0v) is 32.0. The first kappa shape index (κ1) is 38.3. The third-order valence-electron chi connectivity index (χ3n) is 11.4. The van der Waals surface area contributed by atoms with Gasteiger partial charge in [-0.1, -0.05) is 17.7 Å². The normalized spacial score (nSPS) is 22.5. The van der Waals surface area contributed by atoms with Crippen LogP contribution >= 0.6 is 22.9 Å². The van der Waals surface area contributed by atoms with Crippen LogP contribution in [0.2, 0.25) is 5.02 Å². The predicted molar refractivity (Wildman–Crippen MR) is 203 cm³/mol. The van der Waals surface area contributed by atoms with Crippen LogP contribution in [0.25, 0.3) is 32.1 Å². The molecule has 0 aliphatic carbocycles. The minimum atomic E-state index is -4.62. The molecule has 5 aromatic rings. The van der Waals surface area contributed by atoms with E-state index < -0.39 is 29.0 Å². The second-order valence-electron chi connectivity index (χ2n) is 14.5. The number of nitrogens with two attached hydrogens (primary N) is 1. The summed E-state index contributed by atoms with van der Waals surface area (Å²) in [5.41, 5.74) is 4.72. The number of nitrogens with zero attached hydrogens (tertiary/aromatic N) is 7. The number of hydrogen-bond acceptors (Lipinski definition) is 12. The summed E-state index contributed by atoms with van der Waals surface area (Å²) in [6.45, 7) is 6.44. The van der Waals surface area contributed by atoms with Gasteiger partial charge < -0.3 is 25.4 Å². The molecule has 294 valence electrons. The van der Waals surface area contributed by atoms with Gasteiger partial charge in [0.15, 0.2) is 11.5 Å². The van der Waals surface area contributed by atoms with E-state index >= 15 is 8.78 Å². The van der Waals surface area contributed by atoms with Crippen molar-refractivity contribution in [2.75, 3.05) is 43.5 Å². The van der Waals surface area contributed by atoms with Crippen molar-refractivity contribution < 1.29 is 31.4 Å². The Labute approximate surface area is 327 Å². The summed E-state index contributed by atoms with van der Waals surface area (Å²) in [6.07, 6.45) is 0.136. The van der Waals surface area contributed by atoms with Gasteiger partial charge in [0.25, 0.3) is 0 Å². The van der Waals surface area contributed by atoms with E-state index in [2.05, 4.69) is 37.0 Å². The lowest BCUT2D eigenvalue weighted by molar-refractivity contribution is -0.141. The minimum Gasteiger partial charge on any atom is -0.476 e. The molecule has 2 aromatic carbocycles. The highest BCUT2D eigenvalue weighted by molar-refractivity contribution is 7.23. The van der Waals surface area contributed by atoms with Crippen LogP contribution in [0, 0.1) is 23.0 Å². The predicted octanol–water partition coefficient (Wildman–Crippen LogP) is 7.74. The standard InChI is InChI=1S/C38H37ClF5N9O2S/c1-3-52(26-8-11-47-19(26)2)35-22-13-24(39)30(21-5-6-25(40)33-29(21)23(15-45)34(46)56-33)31(41)32(22)50-36(51-35)55-17-37-9-4-12-53(37)20(7-10-37)16-54-28-14-27(38(42,43)44)48-18-49-28/h5-6,13-14,18-20,26,47H,3-4,7-12,16-17,46H2,1-2H3/t19-,20?,26-,37?/m1/s1. The molecule has 0 amide bonds. The lowest BCUT2D eigenvalue weighted by atomic mass is 9.95. The van der Waals surface area contributed by atoms with Crippen LogP contribution in [0.1, 0.15) is 57.2 Å². The first-order valence-corrected chi connectivity index (χ1v) is 19.5. The molecule has 3 aromatic heterocycles. The molecule has 6 heterocycles. The Bertz CT molecular complexity index is 2380. The lowest BCUT2D eigenvalue weighted by Gasteiger charge is -2.35. The lowest BCUT2D eigenvalue weighted by Crippen LogP contribution is -2.48. The Balaban J connectivity index is 1.15. The SMILES string of the molecule is CCN(c1nc(OCC23CCCN2C(COc2cc(C(F)(F)F)ncn2)CC3)nc2c(F)c(-c3ccc(F)c4sc(N)c(C#N)c34)c(Cl)cc12)[C@@H]1CCN[C@@H]1C. The van der Waals surface area contributed by atoms with Crippen LogP contribution < -0.4 is 25.4 Å². The second-order valence-corrected chi connectivity index (χ2v) is 15.9. The van der Waals surface area contributed by atoms with Crippen LogP contribution in [0.3, 0.4) is 0 Å². The summed E-state index contributed by atoms with van der Waals surface area (Å²) in [5, 5.41) is 14.1. The van der Waals surface area contributed by atoms with Crippen molar-refractivity contribution in [2.24, 2.45) is 0 Å².